The standard InChI is InChI=1S/C20H24FN3O/c21-19-8-6-17(7-9-19)10-11-23-12-14-24(15-13-23)20(25)22-16-18-4-2-1-3-5-18/h1-9H,10-16H2,(H,22,25). The third kappa shape index (κ3) is 5.29. The second-order valence-corrected chi connectivity index (χ2v) is 6.35. The van der Waals surface area contributed by atoms with E-state index in [2.05, 4.69) is 10.2 Å². The molecule has 1 fully saturated rings. The Bertz CT molecular complexity index is 667. The maximum Gasteiger partial charge on any atom is 0.317 e. The zero-order valence-corrected chi connectivity index (χ0v) is 14.3. The van der Waals surface area contributed by atoms with Gasteiger partial charge >= 0.3 is 6.03 Å². The Morgan fingerprint density at radius 2 is 1.60 bits per heavy atom. The van der Waals surface area contributed by atoms with Crippen LogP contribution in [0.3, 0.4) is 0 Å². The predicted octanol–water partition coefficient (Wildman–Crippen LogP) is 2.90. The summed E-state index contributed by atoms with van der Waals surface area (Å²) in [7, 11) is 0. The zero-order chi connectivity index (χ0) is 17.5. The largest absolute Gasteiger partial charge is 0.334 e. The van der Waals surface area contributed by atoms with Gasteiger partial charge in [0.2, 0.25) is 0 Å². The van der Waals surface area contributed by atoms with Crippen LogP contribution >= 0.6 is 0 Å². The average Bonchev–Trinajstić information content (AvgIpc) is 2.67. The fourth-order valence-corrected chi connectivity index (χ4v) is 3.00. The molecule has 0 unspecified atom stereocenters. The Labute approximate surface area is 148 Å². The van der Waals surface area contributed by atoms with Crippen LogP contribution in [0.15, 0.2) is 54.6 Å². The first-order valence-electron chi connectivity index (χ1n) is 8.74. The molecule has 0 aliphatic carbocycles. The maximum absolute atomic E-state index is 12.9. The summed E-state index contributed by atoms with van der Waals surface area (Å²) in [5.41, 5.74) is 2.25. The van der Waals surface area contributed by atoms with Crippen LogP contribution in [0, 0.1) is 5.82 Å². The number of carbonyl (C=O) groups excluding carboxylic acids is 1. The van der Waals surface area contributed by atoms with E-state index in [4.69, 9.17) is 0 Å². The first-order valence-corrected chi connectivity index (χ1v) is 8.74. The Hall–Kier alpha value is -2.40. The number of carbonyl (C=O) groups is 1. The molecule has 1 saturated heterocycles. The third-order valence-corrected chi connectivity index (χ3v) is 4.58. The van der Waals surface area contributed by atoms with E-state index in [1.165, 1.54) is 12.1 Å². The second kappa shape index (κ2) is 8.62. The van der Waals surface area contributed by atoms with Crippen molar-refractivity contribution in [2.45, 2.75) is 13.0 Å². The van der Waals surface area contributed by atoms with E-state index < -0.39 is 0 Å². The van der Waals surface area contributed by atoms with Crippen molar-refractivity contribution in [3.8, 4) is 0 Å². The lowest BCUT2D eigenvalue weighted by molar-refractivity contribution is 0.140. The third-order valence-electron chi connectivity index (χ3n) is 4.58. The molecule has 2 aromatic rings. The van der Waals surface area contributed by atoms with Gasteiger partial charge in [0.1, 0.15) is 5.82 Å². The minimum Gasteiger partial charge on any atom is -0.334 e. The van der Waals surface area contributed by atoms with Crippen LogP contribution in [0.4, 0.5) is 9.18 Å². The molecule has 0 aromatic heterocycles. The SMILES string of the molecule is O=C(NCc1ccccc1)N1CCN(CCc2ccc(F)cc2)CC1. The quantitative estimate of drug-likeness (QED) is 0.908. The highest BCUT2D eigenvalue weighted by molar-refractivity contribution is 5.74. The summed E-state index contributed by atoms with van der Waals surface area (Å²) in [6, 6.07) is 16.6. The summed E-state index contributed by atoms with van der Waals surface area (Å²) in [4.78, 5) is 16.5. The number of hydrogen-bond donors (Lipinski definition) is 1. The van der Waals surface area contributed by atoms with Crippen molar-refractivity contribution in [3.05, 3.63) is 71.5 Å². The van der Waals surface area contributed by atoms with E-state index in [9.17, 15) is 9.18 Å². The van der Waals surface area contributed by atoms with Gasteiger partial charge in [-0.25, -0.2) is 9.18 Å². The number of halogens is 1. The summed E-state index contributed by atoms with van der Waals surface area (Å²) >= 11 is 0. The molecule has 1 aliphatic heterocycles. The zero-order valence-electron chi connectivity index (χ0n) is 14.3. The molecule has 0 saturated carbocycles. The van der Waals surface area contributed by atoms with Crippen LogP contribution < -0.4 is 5.32 Å². The van der Waals surface area contributed by atoms with Crippen LogP contribution in [-0.4, -0.2) is 48.6 Å². The number of hydrogen-bond acceptors (Lipinski definition) is 2. The highest BCUT2D eigenvalue weighted by Crippen LogP contribution is 2.07. The molecular weight excluding hydrogens is 317 g/mol. The van der Waals surface area contributed by atoms with Gasteiger partial charge in [-0.1, -0.05) is 42.5 Å². The molecule has 0 atom stereocenters. The van der Waals surface area contributed by atoms with Crippen molar-refractivity contribution in [2.75, 3.05) is 32.7 Å². The van der Waals surface area contributed by atoms with Crippen LogP contribution in [0.2, 0.25) is 0 Å². The van der Waals surface area contributed by atoms with Crippen molar-refractivity contribution >= 4 is 6.03 Å². The molecule has 4 nitrogen and oxygen atoms in total. The molecular formula is C20H24FN3O. The number of urea groups is 1. The molecule has 0 radical (unpaired) electrons. The fraction of sp³-hybridized carbons (Fsp3) is 0.350. The first kappa shape index (κ1) is 17.4. The highest BCUT2D eigenvalue weighted by Gasteiger charge is 2.20. The van der Waals surface area contributed by atoms with Crippen molar-refractivity contribution < 1.29 is 9.18 Å². The minimum atomic E-state index is -0.195. The molecule has 132 valence electrons. The number of rotatable bonds is 5. The lowest BCUT2D eigenvalue weighted by Crippen LogP contribution is -2.51. The van der Waals surface area contributed by atoms with Gasteiger partial charge in [0.05, 0.1) is 0 Å². The number of nitrogens with one attached hydrogen (secondary N) is 1. The van der Waals surface area contributed by atoms with E-state index in [-0.39, 0.29) is 11.8 Å². The predicted molar refractivity (Wildman–Crippen MR) is 96.8 cm³/mol. The molecule has 1 N–H and O–H groups in total. The normalized spacial score (nSPS) is 15.2. The van der Waals surface area contributed by atoms with Crippen molar-refractivity contribution in [2.24, 2.45) is 0 Å². The molecule has 2 aromatic carbocycles. The summed E-state index contributed by atoms with van der Waals surface area (Å²) in [6.45, 7) is 4.73. The van der Waals surface area contributed by atoms with Gasteiger partial charge in [0.25, 0.3) is 0 Å². The molecule has 0 spiro atoms. The average molecular weight is 341 g/mol. The smallest absolute Gasteiger partial charge is 0.317 e. The summed E-state index contributed by atoms with van der Waals surface area (Å²) < 4.78 is 12.9. The summed E-state index contributed by atoms with van der Waals surface area (Å²) in [5.74, 6) is -0.195. The van der Waals surface area contributed by atoms with E-state index >= 15 is 0 Å². The van der Waals surface area contributed by atoms with Gasteiger partial charge in [0.15, 0.2) is 0 Å². The Morgan fingerprint density at radius 1 is 0.920 bits per heavy atom. The lowest BCUT2D eigenvalue weighted by atomic mass is 10.1. The molecule has 3 rings (SSSR count). The van der Waals surface area contributed by atoms with Gasteiger partial charge < -0.3 is 10.2 Å². The van der Waals surface area contributed by atoms with E-state index in [0.29, 0.717) is 6.54 Å². The van der Waals surface area contributed by atoms with Gasteiger partial charge in [0, 0.05) is 39.3 Å². The molecule has 0 bridgehead atoms. The van der Waals surface area contributed by atoms with Crippen LogP contribution in [-0.2, 0) is 13.0 Å². The highest BCUT2D eigenvalue weighted by atomic mass is 19.1. The molecule has 1 aliphatic rings. The lowest BCUT2D eigenvalue weighted by Gasteiger charge is -2.34. The number of benzene rings is 2. The second-order valence-electron chi connectivity index (χ2n) is 6.35. The van der Waals surface area contributed by atoms with Crippen molar-refractivity contribution in [3.63, 3.8) is 0 Å². The van der Waals surface area contributed by atoms with Crippen LogP contribution in [0.1, 0.15) is 11.1 Å². The van der Waals surface area contributed by atoms with E-state index in [1.54, 1.807) is 0 Å². The van der Waals surface area contributed by atoms with Gasteiger partial charge in [-0.3, -0.25) is 4.90 Å². The number of piperazine rings is 1. The molecule has 2 amide bonds. The number of nitrogens with zero attached hydrogens (tertiary/aromatic N) is 2. The molecule has 1 heterocycles. The number of amides is 2. The van der Waals surface area contributed by atoms with Crippen LogP contribution in [0.25, 0.3) is 0 Å². The van der Waals surface area contributed by atoms with Crippen molar-refractivity contribution in [1.29, 1.82) is 0 Å². The summed E-state index contributed by atoms with van der Waals surface area (Å²) in [5, 5.41) is 2.98. The fourth-order valence-electron chi connectivity index (χ4n) is 3.00. The molecule has 25 heavy (non-hydrogen) atoms. The van der Waals surface area contributed by atoms with E-state index in [1.807, 2.05) is 47.4 Å². The molecule has 5 heteroatoms. The van der Waals surface area contributed by atoms with Gasteiger partial charge in [-0.15, -0.1) is 0 Å². The van der Waals surface area contributed by atoms with Gasteiger partial charge in [-0.05, 0) is 29.7 Å². The first-order chi connectivity index (χ1) is 12.2. The Kier molecular flexibility index (Phi) is 6.01. The van der Waals surface area contributed by atoms with Crippen LogP contribution in [0.5, 0.6) is 0 Å². The Morgan fingerprint density at radius 3 is 2.28 bits per heavy atom. The Balaban J connectivity index is 1.37. The van der Waals surface area contributed by atoms with Gasteiger partial charge in [-0.2, -0.15) is 0 Å². The minimum absolute atomic E-state index is 0.00189. The van der Waals surface area contributed by atoms with E-state index in [0.717, 1.165) is 50.3 Å². The topological polar surface area (TPSA) is 35.6 Å². The van der Waals surface area contributed by atoms with Crippen molar-refractivity contribution in [1.82, 2.24) is 15.1 Å². The monoisotopic (exact) mass is 341 g/mol. The maximum atomic E-state index is 12.9. The summed E-state index contributed by atoms with van der Waals surface area (Å²) in [6.07, 6.45) is 0.903.